The van der Waals surface area contributed by atoms with E-state index in [0.717, 1.165) is 13.1 Å². The zero-order chi connectivity index (χ0) is 8.43. The van der Waals surface area contributed by atoms with Gasteiger partial charge in [-0.2, -0.15) is 0 Å². The average Bonchev–Trinajstić information content (AvgIpc) is 2.33. The second-order valence-electron chi connectivity index (χ2n) is 3.48. The molecular weight excluding hydrogens is 137 g/mol. The van der Waals surface area contributed by atoms with Crippen molar-refractivity contribution in [2.45, 2.75) is 26.7 Å². The monoisotopic (exact) mass is 153 g/mol. The molecule has 0 spiro atoms. The molecule has 2 nitrogen and oxygen atoms in total. The first-order valence-corrected chi connectivity index (χ1v) is 4.22. The molecule has 1 aliphatic rings. The predicted octanol–water partition coefficient (Wildman–Crippen LogP) is 0.790. The molecule has 11 heavy (non-hydrogen) atoms. The number of nitrogens with zero attached hydrogens (tertiary/aromatic N) is 1. The van der Waals surface area contributed by atoms with E-state index in [1.165, 1.54) is 5.47 Å². The molecule has 62 valence electrons. The lowest BCUT2D eigenvalue weighted by molar-refractivity contribution is 0.285. The molecule has 0 aliphatic carbocycles. The number of hydrogen-bond acceptors (Lipinski definition) is 2. The first kappa shape index (κ1) is 8.82. The summed E-state index contributed by atoms with van der Waals surface area (Å²) >= 11 is 0. The first-order chi connectivity index (χ1) is 5.11. The summed E-state index contributed by atoms with van der Waals surface area (Å²) in [5.74, 6) is 0. The van der Waals surface area contributed by atoms with Gasteiger partial charge in [0.05, 0.1) is 0 Å². The topological polar surface area (TPSA) is 23.5 Å². The Hall–Kier alpha value is -0.275. The Morgan fingerprint density at radius 3 is 2.55 bits per heavy atom. The molecule has 0 fully saturated rings. The number of rotatable bonds is 2. The lowest BCUT2D eigenvalue weighted by Gasteiger charge is -2.20. The summed E-state index contributed by atoms with van der Waals surface area (Å²) in [6.07, 6.45) is 2.13. The van der Waals surface area contributed by atoms with Gasteiger partial charge in [-0.05, 0) is 13.8 Å². The predicted molar refractivity (Wildman–Crippen MR) is 48.6 cm³/mol. The van der Waals surface area contributed by atoms with E-state index in [1.54, 1.807) is 0 Å². The smallest absolute Gasteiger partial charge is 0.317 e. The maximum atomic E-state index is 9.26. The second kappa shape index (κ2) is 3.41. The van der Waals surface area contributed by atoms with Gasteiger partial charge >= 0.3 is 6.92 Å². The third-order valence-electron chi connectivity index (χ3n) is 2.24. The summed E-state index contributed by atoms with van der Waals surface area (Å²) in [4.78, 5) is 2.34. The molecule has 0 saturated carbocycles. The molecule has 0 aromatic rings. The van der Waals surface area contributed by atoms with Gasteiger partial charge in [0.2, 0.25) is 0 Å². The van der Waals surface area contributed by atoms with Gasteiger partial charge in [0.1, 0.15) is 0 Å². The Morgan fingerprint density at radius 2 is 2.27 bits per heavy atom. The molecular formula is C8H16BNO. The standard InChI is InChI=1S/C8H16BNO/c1-7(2)10-5-4-8(6-10)9(3)11/h4,7,11H,5-6H2,1-3H3. The van der Waals surface area contributed by atoms with Gasteiger partial charge in [0.15, 0.2) is 0 Å². The maximum absolute atomic E-state index is 9.26. The van der Waals surface area contributed by atoms with Crippen molar-refractivity contribution in [1.29, 1.82) is 0 Å². The molecule has 1 aliphatic heterocycles. The van der Waals surface area contributed by atoms with Crippen LogP contribution in [-0.4, -0.2) is 36.0 Å². The minimum Gasteiger partial charge on any atom is -0.447 e. The zero-order valence-corrected chi connectivity index (χ0v) is 7.54. The number of hydrogen-bond donors (Lipinski definition) is 1. The van der Waals surface area contributed by atoms with Gasteiger partial charge in [-0.15, -0.1) is 0 Å². The highest BCUT2D eigenvalue weighted by Gasteiger charge is 2.20. The van der Waals surface area contributed by atoms with Crippen LogP contribution in [0.1, 0.15) is 13.8 Å². The maximum Gasteiger partial charge on any atom is 0.317 e. The Morgan fingerprint density at radius 1 is 1.64 bits per heavy atom. The molecule has 0 aromatic carbocycles. The minimum atomic E-state index is -0.265. The van der Waals surface area contributed by atoms with E-state index in [9.17, 15) is 5.02 Å². The molecule has 0 bridgehead atoms. The SMILES string of the molecule is CB(O)C1=CCN(C(C)C)C1. The molecule has 0 aromatic heterocycles. The fourth-order valence-corrected chi connectivity index (χ4v) is 1.29. The van der Waals surface area contributed by atoms with E-state index >= 15 is 0 Å². The van der Waals surface area contributed by atoms with Crippen LogP contribution in [0.25, 0.3) is 0 Å². The van der Waals surface area contributed by atoms with Crippen LogP contribution in [0.15, 0.2) is 11.5 Å². The highest BCUT2D eigenvalue weighted by Crippen LogP contribution is 2.13. The van der Waals surface area contributed by atoms with Crippen LogP contribution < -0.4 is 0 Å². The van der Waals surface area contributed by atoms with E-state index in [0.29, 0.717) is 6.04 Å². The fourth-order valence-electron chi connectivity index (χ4n) is 1.29. The highest BCUT2D eigenvalue weighted by atomic mass is 16.2. The fraction of sp³-hybridized carbons (Fsp3) is 0.750. The largest absolute Gasteiger partial charge is 0.447 e. The lowest BCUT2D eigenvalue weighted by atomic mass is 9.64. The quantitative estimate of drug-likeness (QED) is 0.593. The first-order valence-electron chi connectivity index (χ1n) is 4.22. The Balaban J connectivity index is 2.43. The van der Waals surface area contributed by atoms with E-state index in [2.05, 4.69) is 24.8 Å². The van der Waals surface area contributed by atoms with Crippen molar-refractivity contribution in [1.82, 2.24) is 4.90 Å². The molecule has 1 heterocycles. The molecule has 1 N–H and O–H groups in total. The summed E-state index contributed by atoms with van der Waals surface area (Å²) in [6.45, 7) is 7.86. The molecule has 0 radical (unpaired) electrons. The van der Waals surface area contributed by atoms with Crippen LogP contribution in [0.2, 0.25) is 6.82 Å². The summed E-state index contributed by atoms with van der Waals surface area (Å²) in [5.41, 5.74) is 1.17. The zero-order valence-electron chi connectivity index (χ0n) is 7.54. The van der Waals surface area contributed by atoms with Gasteiger partial charge in [0, 0.05) is 19.1 Å². The van der Waals surface area contributed by atoms with Crippen LogP contribution in [0.4, 0.5) is 0 Å². The van der Waals surface area contributed by atoms with E-state index in [1.807, 2.05) is 6.82 Å². The molecule has 0 atom stereocenters. The van der Waals surface area contributed by atoms with Crippen molar-refractivity contribution in [2.75, 3.05) is 13.1 Å². The van der Waals surface area contributed by atoms with Gasteiger partial charge in [0.25, 0.3) is 0 Å². The molecule has 0 amide bonds. The molecule has 3 heteroatoms. The third-order valence-corrected chi connectivity index (χ3v) is 2.24. The van der Waals surface area contributed by atoms with Crippen LogP contribution in [-0.2, 0) is 0 Å². The molecule has 0 unspecified atom stereocenters. The van der Waals surface area contributed by atoms with Crippen molar-refractivity contribution in [3.05, 3.63) is 11.5 Å². The summed E-state index contributed by atoms with van der Waals surface area (Å²) in [7, 11) is 0. The molecule has 0 saturated heterocycles. The van der Waals surface area contributed by atoms with Crippen LogP contribution in [0.3, 0.4) is 0 Å². The van der Waals surface area contributed by atoms with Crippen molar-refractivity contribution in [3.63, 3.8) is 0 Å². The van der Waals surface area contributed by atoms with Crippen LogP contribution >= 0.6 is 0 Å². The average molecular weight is 153 g/mol. The summed E-state index contributed by atoms with van der Waals surface area (Å²) in [5, 5.41) is 9.26. The van der Waals surface area contributed by atoms with Gasteiger partial charge in [-0.1, -0.05) is 18.4 Å². The van der Waals surface area contributed by atoms with Crippen molar-refractivity contribution in [3.8, 4) is 0 Å². The van der Waals surface area contributed by atoms with E-state index < -0.39 is 0 Å². The Bertz CT molecular complexity index is 165. The van der Waals surface area contributed by atoms with E-state index in [-0.39, 0.29) is 6.92 Å². The van der Waals surface area contributed by atoms with Crippen molar-refractivity contribution < 1.29 is 5.02 Å². The third kappa shape index (κ3) is 2.07. The van der Waals surface area contributed by atoms with Gasteiger partial charge in [-0.3, -0.25) is 4.90 Å². The normalized spacial score (nSPS) is 19.2. The van der Waals surface area contributed by atoms with Crippen LogP contribution in [0.5, 0.6) is 0 Å². The highest BCUT2D eigenvalue weighted by molar-refractivity contribution is 6.57. The van der Waals surface area contributed by atoms with Crippen molar-refractivity contribution >= 4 is 6.92 Å². The minimum absolute atomic E-state index is 0.265. The molecule has 1 rings (SSSR count). The lowest BCUT2D eigenvalue weighted by Crippen LogP contribution is -2.30. The van der Waals surface area contributed by atoms with Gasteiger partial charge in [-0.25, -0.2) is 0 Å². The summed E-state index contributed by atoms with van der Waals surface area (Å²) < 4.78 is 0. The summed E-state index contributed by atoms with van der Waals surface area (Å²) in [6, 6.07) is 0.586. The van der Waals surface area contributed by atoms with Gasteiger partial charge < -0.3 is 5.02 Å². The Labute approximate surface area is 69.0 Å². The Kier molecular flexibility index (Phi) is 2.74. The van der Waals surface area contributed by atoms with Crippen LogP contribution in [0, 0.1) is 0 Å². The van der Waals surface area contributed by atoms with Crippen molar-refractivity contribution in [2.24, 2.45) is 0 Å². The second-order valence-corrected chi connectivity index (χ2v) is 3.48. The van der Waals surface area contributed by atoms with E-state index in [4.69, 9.17) is 0 Å².